The molecule has 6 nitrogen and oxygen atoms in total. The first-order valence-corrected chi connectivity index (χ1v) is 10.5. The minimum absolute atomic E-state index is 0.0690. The minimum Gasteiger partial charge on any atom is -0.321 e. The fourth-order valence-electron chi connectivity index (χ4n) is 2.77. The molecule has 3 rings (SSSR count). The quantitative estimate of drug-likeness (QED) is 0.812. The second-order valence-electron chi connectivity index (χ2n) is 6.29. The maximum Gasteiger partial charge on any atom is 0.255 e. The zero-order valence-corrected chi connectivity index (χ0v) is 17.0. The van der Waals surface area contributed by atoms with Crippen molar-refractivity contribution in [3.63, 3.8) is 0 Å². The van der Waals surface area contributed by atoms with Crippen molar-refractivity contribution in [2.24, 2.45) is 0 Å². The van der Waals surface area contributed by atoms with Crippen LogP contribution in [0.25, 0.3) is 0 Å². The fraction of sp³-hybridized carbons (Fsp3) is 0.278. The Morgan fingerprint density at radius 3 is 2.33 bits per heavy atom. The van der Waals surface area contributed by atoms with E-state index in [9.17, 15) is 13.2 Å². The van der Waals surface area contributed by atoms with Gasteiger partial charge in [0.1, 0.15) is 4.90 Å². The summed E-state index contributed by atoms with van der Waals surface area (Å²) in [4.78, 5) is 14.5. The van der Waals surface area contributed by atoms with Crippen molar-refractivity contribution in [3.05, 3.63) is 58.1 Å². The Kier molecular flexibility index (Phi) is 6.08. The van der Waals surface area contributed by atoms with E-state index in [0.717, 1.165) is 0 Å². The molecular weight excluding hydrogens is 409 g/mol. The molecule has 0 spiro atoms. The molecule has 0 radical (unpaired) electrons. The predicted molar refractivity (Wildman–Crippen MR) is 107 cm³/mol. The molecule has 27 heavy (non-hydrogen) atoms. The van der Waals surface area contributed by atoms with E-state index in [-0.39, 0.29) is 15.5 Å². The van der Waals surface area contributed by atoms with Crippen LogP contribution in [0.2, 0.25) is 10.0 Å². The lowest BCUT2D eigenvalue weighted by molar-refractivity contribution is 0.102. The van der Waals surface area contributed by atoms with Crippen LogP contribution in [0.3, 0.4) is 0 Å². The van der Waals surface area contributed by atoms with Gasteiger partial charge in [0.25, 0.3) is 5.91 Å². The first-order valence-electron chi connectivity index (χ1n) is 8.33. The number of nitrogens with zero attached hydrogens (tertiary/aromatic N) is 2. The Hall–Kier alpha value is -1.64. The molecular formula is C18H19Cl2N3O3S. The van der Waals surface area contributed by atoms with Crippen LogP contribution in [-0.4, -0.2) is 56.8 Å². The van der Waals surface area contributed by atoms with E-state index in [4.69, 9.17) is 23.2 Å². The highest BCUT2D eigenvalue weighted by Gasteiger charge is 2.30. The molecule has 144 valence electrons. The summed E-state index contributed by atoms with van der Waals surface area (Å²) in [5.41, 5.74) is 0.634. The van der Waals surface area contributed by atoms with Crippen LogP contribution >= 0.6 is 23.2 Å². The van der Waals surface area contributed by atoms with Gasteiger partial charge in [-0.15, -0.1) is 0 Å². The Morgan fingerprint density at radius 2 is 1.67 bits per heavy atom. The highest BCUT2D eigenvalue weighted by Crippen LogP contribution is 2.27. The molecule has 0 saturated carbocycles. The molecule has 0 aliphatic carbocycles. The molecule has 0 unspecified atom stereocenters. The van der Waals surface area contributed by atoms with Crippen molar-refractivity contribution in [2.45, 2.75) is 4.90 Å². The second-order valence-corrected chi connectivity index (χ2v) is 9.01. The maximum absolute atomic E-state index is 13.0. The molecule has 1 aliphatic rings. The number of likely N-dealkylation sites (N-methyl/N-ethyl adjacent to an activating group) is 1. The van der Waals surface area contributed by atoms with Crippen molar-refractivity contribution in [1.29, 1.82) is 0 Å². The number of anilines is 1. The zero-order chi connectivity index (χ0) is 19.6. The highest BCUT2D eigenvalue weighted by molar-refractivity contribution is 7.89. The largest absolute Gasteiger partial charge is 0.321 e. The normalized spacial score (nSPS) is 16.3. The molecule has 1 heterocycles. The summed E-state index contributed by atoms with van der Waals surface area (Å²) in [5, 5.41) is 3.16. The van der Waals surface area contributed by atoms with Crippen molar-refractivity contribution >= 4 is 44.8 Å². The number of benzene rings is 2. The van der Waals surface area contributed by atoms with Crippen LogP contribution in [0.1, 0.15) is 10.4 Å². The smallest absolute Gasteiger partial charge is 0.255 e. The lowest BCUT2D eigenvalue weighted by atomic mass is 10.2. The third-order valence-corrected chi connectivity index (χ3v) is 7.11. The summed E-state index contributed by atoms with van der Waals surface area (Å²) >= 11 is 12.2. The summed E-state index contributed by atoms with van der Waals surface area (Å²) in [6.45, 7) is 2.05. The molecule has 1 N–H and O–H groups in total. The molecule has 0 aromatic heterocycles. The Labute approximate surface area is 168 Å². The molecule has 9 heteroatoms. The van der Waals surface area contributed by atoms with E-state index in [1.807, 2.05) is 7.05 Å². The third kappa shape index (κ3) is 4.44. The number of carbonyl (C=O) groups is 1. The van der Waals surface area contributed by atoms with E-state index >= 15 is 0 Å². The Balaban J connectivity index is 1.88. The Morgan fingerprint density at radius 1 is 1.00 bits per heavy atom. The molecule has 1 fully saturated rings. The maximum atomic E-state index is 13.0. The van der Waals surface area contributed by atoms with Gasteiger partial charge in [0.2, 0.25) is 10.0 Å². The van der Waals surface area contributed by atoms with Gasteiger partial charge in [0, 0.05) is 31.7 Å². The predicted octanol–water partition coefficient (Wildman–Crippen LogP) is 3.18. The number of sulfonamides is 1. The van der Waals surface area contributed by atoms with Gasteiger partial charge in [0.05, 0.1) is 15.7 Å². The van der Waals surface area contributed by atoms with Gasteiger partial charge >= 0.3 is 0 Å². The van der Waals surface area contributed by atoms with Crippen molar-refractivity contribution in [1.82, 2.24) is 9.21 Å². The standard InChI is InChI=1S/C18H19Cl2N3O3S/c1-22-8-10-23(11-9-22)27(25,26)17-12-13(6-7-15(17)20)18(24)21-16-5-3-2-4-14(16)19/h2-7,12H,8-11H2,1H3,(H,21,24). The van der Waals surface area contributed by atoms with Gasteiger partial charge in [-0.1, -0.05) is 35.3 Å². The first kappa shape index (κ1) is 20.1. The minimum atomic E-state index is -3.78. The first-order chi connectivity index (χ1) is 12.8. The summed E-state index contributed by atoms with van der Waals surface area (Å²) in [5.74, 6) is -0.463. The summed E-state index contributed by atoms with van der Waals surface area (Å²) in [6, 6.07) is 11.0. The Bertz CT molecular complexity index is 958. The second kappa shape index (κ2) is 8.16. The lowest BCUT2D eigenvalue weighted by Gasteiger charge is -2.31. The van der Waals surface area contributed by atoms with Crippen LogP contribution in [0.15, 0.2) is 47.4 Å². The highest BCUT2D eigenvalue weighted by atomic mass is 35.5. The van der Waals surface area contributed by atoms with Crippen LogP contribution in [-0.2, 0) is 10.0 Å². The van der Waals surface area contributed by atoms with Crippen LogP contribution in [0.4, 0.5) is 5.69 Å². The van der Waals surface area contributed by atoms with E-state index in [0.29, 0.717) is 36.9 Å². The van der Waals surface area contributed by atoms with Gasteiger partial charge in [-0.25, -0.2) is 8.42 Å². The van der Waals surface area contributed by atoms with Crippen molar-refractivity contribution < 1.29 is 13.2 Å². The van der Waals surface area contributed by atoms with E-state index in [2.05, 4.69) is 10.2 Å². The number of para-hydroxylation sites is 1. The van der Waals surface area contributed by atoms with Gasteiger partial charge < -0.3 is 10.2 Å². The van der Waals surface area contributed by atoms with Gasteiger partial charge in [0.15, 0.2) is 0 Å². The van der Waals surface area contributed by atoms with Crippen LogP contribution < -0.4 is 5.32 Å². The number of nitrogens with one attached hydrogen (secondary N) is 1. The van der Waals surface area contributed by atoms with E-state index in [1.54, 1.807) is 24.3 Å². The molecule has 0 atom stereocenters. The number of hydrogen-bond acceptors (Lipinski definition) is 4. The van der Waals surface area contributed by atoms with Gasteiger partial charge in [-0.2, -0.15) is 4.31 Å². The van der Waals surface area contributed by atoms with Gasteiger partial charge in [-0.3, -0.25) is 4.79 Å². The summed E-state index contributed by atoms with van der Waals surface area (Å²) < 4.78 is 27.3. The lowest BCUT2D eigenvalue weighted by Crippen LogP contribution is -2.47. The molecule has 1 amide bonds. The van der Waals surface area contributed by atoms with Crippen LogP contribution in [0, 0.1) is 0 Å². The van der Waals surface area contributed by atoms with E-state index in [1.165, 1.54) is 22.5 Å². The average molecular weight is 428 g/mol. The number of hydrogen-bond donors (Lipinski definition) is 1. The summed E-state index contributed by atoms with van der Waals surface area (Å²) in [7, 11) is -1.84. The third-order valence-electron chi connectivity index (χ3n) is 4.40. The SMILES string of the molecule is CN1CCN(S(=O)(=O)c2cc(C(=O)Nc3ccccc3Cl)ccc2Cl)CC1. The van der Waals surface area contributed by atoms with Crippen LogP contribution in [0.5, 0.6) is 0 Å². The van der Waals surface area contributed by atoms with E-state index < -0.39 is 15.9 Å². The molecule has 2 aromatic carbocycles. The fourth-order valence-corrected chi connectivity index (χ4v) is 4.87. The average Bonchev–Trinajstić information content (AvgIpc) is 2.64. The number of piperazine rings is 1. The summed E-state index contributed by atoms with van der Waals surface area (Å²) in [6.07, 6.45) is 0. The molecule has 2 aromatic rings. The number of carbonyl (C=O) groups excluding carboxylic acids is 1. The number of amides is 1. The van der Waals surface area contributed by atoms with Crippen molar-refractivity contribution in [3.8, 4) is 0 Å². The number of rotatable bonds is 4. The monoisotopic (exact) mass is 427 g/mol. The molecule has 1 saturated heterocycles. The molecule has 0 bridgehead atoms. The van der Waals surface area contributed by atoms with Crippen molar-refractivity contribution in [2.75, 3.05) is 38.5 Å². The zero-order valence-electron chi connectivity index (χ0n) is 14.7. The topological polar surface area (TPSA) is 69.7 Å². The van der Waals surface area contributed by atoms with Gasteiger partial charge in [-0.05, 0) is 37.4 Å². The number of halogens is 2. The molecule has 1 aliphatic heterocycles.